The molecule has 20 heavy (non-hydrogen) atoms. The van der Waals surface area contributed by atoms with Crippen molar-refractivity contribution in [2.75, 3.05) is 5.43 Å². The Hall–Kier alpha value is -2.75. The van der Waals surface area contributed by atoms with Crippen LogP contribution in [0, 0.1) is 6.92 Å². The van der Waals surface area contributed by atoms with Crippen LogP contribution in [0.25, 0.3) is 10.8 Å². The van der Waals surface area contributed by atoms with Gasteiger partial charge in [0.25, 0.3) is 0 Å². The van der Waals surface area contributed by atoms with E-state index in [-0.39, 0.29) is 0 Å². The zero-order chi connectivity index (χ0) is 13.8. The molecule has 0 unspecified atom stereocenters. The Morgan fingerprint density at radius 3 is 2.40 bits per heavy atom. The number of aryl methyl sites for hydroxylation is 1. The van der Waals surface area contributed by atoms with Gasteiger partial charge in [-0.3, -0.25) is 5.43 Å². The first-order valence-corrected chi connectivity index (χ1v) is 6.41. The number of hydrogen-bond acceptors (Lipinski definition) is 4. The molecule has 0 fully saturated rings. The molecule has 4 heteroatoms. The third-order valence-corrected chi connectivity index (χ3v) is 3.06. The largest absolute Gasteiger partial charge is 0.259 e. The average Bonchev–Trinajstić information content (AvgIpc) is 2.51. The van der Waals surface area contributed by atoms with Crippen LogP contribution < -0.4 is 5.43 Å². The van der Waals surface area contributed by atoms with Gasteiger partial charge in [-0.15, -0.1) is 5.10 Å². The molecule has 98 valence electrons. The van der Waals surface area contributed by atoms with Crippen LogP contribution in [0.15, 0.2) is 59.7 Å². The smallest absolute Gasteiger partial charge is 0.176 e. The van der Waals surface area contributed by atoms with Crippen LogP contribution in [0.3, 0.4) is 0 Å². The van der Waals surface area contributed by atoms with Gasteiger partial charge in [0.05, 0.1) is 11.9 Å². The SMILES string of the molecule is Cc1nnc(NN=Cc2ccccc2)c2ccccc12. The fourth-order valence-corrected chi connectivity index (χ4v) is 2.03. The van der Waals surface area contributed by atoms with Gasteiger partial charge in [-0.2, -0.15) is 10.2 Å². The Morgan fingerprint density at radius 2 is 1.60 bits per heavy atom. The molecule has 1 aromatic heterocycles. The number of benzene rings is 2. The average molecular weight is 262 g/mol. The summed E-state index contributed by atoms with van der Waals surface area (Å²) in [5.41, 5.74) is 4.91. The van der Waals surface area contributed by atoms with Crippen LogP contribution in [0.2, 0.25) is 0 Å². The first-order valence-electron chi connectivity index (χ1n) is 6.41. The van der Waals surface area contributed by atoms with E-state index in [1.54, 1.807) is 6.21 Å². The van der Waals surface area contributed by atoms with Crippen molar-refractivity contribution < 1.29 is 0 Å². The second-order valence-corrected chi connectivity index (χ2v) is 4.46. The lowest BCUT2D eigenvalue weighted by Gasteiger charge is -2.05. The van der Waals surface area contributed by atoms with Crippen LogP contribution in [-0.4, -0.2) is 16.4 Å². The third-order valence-electron chi connectivity index (χ3n) is 3.06. The second-order valence-electron chi connectivity index (χ2n) is 4.46. The number of aromatic nitrogens is 2. The predicted octanol–water partition coefficient (Wildman–Crippen LogP) is 3.38. The molecule has 0 aliphatic carbocycles. The van der Waals surface area contributed by atoms with Crippen molar-refractivity contribution in [1.82, 2.24) is 10.2 Å². The number of fused-ring (bicyclic) bond motifs is 1. The molecule has 3 rings (SSSR count). The quantitative estimate of drug-likeness (QED) is 0.581. The van der Waals surface area contributed by atoms with Gasteiger partial charge in [0.2, 0.25) is 0 Å². The van der Waals surface area contributed by atoms with E-state index in [2.05, 4.69) is 20.7 Å². The molecular weight excluding hydrogens is 248 g/mol. The summed E-state index contributed by atoms with van der Waals surface area (Å²) in [6.07, 6.45) is 1.76. The molecule has 0 saturated heterocycles. The number of hydrogen-bond donors (Lipinski definition) is 1. The van der Waals surface area contributed by atoms with E-state index in [1.807, 2.05) is 61.5 Å². The topological polar surface area (TPSA) is 50.2 Å². The van der Waals surface area contributed by atoms with Crippen molar-refractivity contribution in [1.29, 1.82) is 0 Å². The molecule has 1 N–H and O–H groups in total. The molecule has 0 radical (unpaired) electrons. The fourth-order valence-electron chi connectivity index (χ4n) is 2.03. The Balaban J connectivity index is 1.89. The van der Waals surface area contributed by atoms with Crippen LogP contribution in [0.4, 0.5) is 5.82 Å². The van der Waals surface area contributed by atoms with Gasteiger partial charge in [0.1, 0.15) is 0 Å². The highest BCUT2D eigenvalue weighted by Crippen LogP contribution is 2.21. The zero-order valence-corrected chi connectivity index (χ0v) is 11.1. The Kier molecular flexibility index (Phi) is 3.37. The summed E-state index contributed by atoms with van der Waals surface area (Å²) < 4.78 is 0. The van der Waals surface area contributed by atoms with Gasteiger partial charge in [0, 0.05) is 10.8 Å². The summed E-state index contributed by atoms with van der Waals surface area (Å²) in [6, 6.07) is 17.9. The molecule has 0 amide bonds. The van der Waals surface area contributed by atoms with Crippen LogP contribution in [-0.2, 0) is 0 Å². The van der Waals surface area contributed by atoms with Gasteiger partial charge in [-0.05, 0) is 12.5 Å². The molecule has 0 aliphatic rings. The van der Waals surface area contributed by atoms with Crippen molar-refractivity contribution in [2.45, 2.75) is 6.92 Å². The molecule has 0 bridgehead atoms. The molecule has 1 heterocycles. The van der Waals surface area contributed by atoms with Crippen molar-refractivity contribution in [2.24, 2.45) is 5.10 Å². The highest BCUT2D eigenvalue weighted by Gasteiger charge is 2.04. The van der Waals surface area contributed by atoms with E-state index >= 15 is 0 Å². The number of nitrogens with one attached hydrogen (secondary N) is 1. The van der Waals surface area contributed by atoms with Crippen LogP contribution in [0.1, 0.15) is 11.3 Å². The molecule has 0 spiro atoms. The number of nitrogens with zero attached hydrogens (tertiary/aromatic N) is 3. The summed E-state index contributed by atoms with van der Waals surface area (Å²) >= 11 is 0. The normalized spacial score (nSPS) is 11.1. The minimum atomic E-state index is 0.665. The maximum atomic E-state index is 4.21. The number of rotatable bonds is 3. The van der Waals surface area contributed by atoms with E-state index in [4.69, 9.17) is 0 Å². The molecule has 3 aromatic rings. The standard InChI is InChI=1S/C16H14N4/c1-12-14-9-5-6-10-15(14)16(20-18-12)19-17-11-13-7-3-2-4-8-13/h2-11H,1H3,(H,19,20). The monoisotopic (exact) mass is 262 g/mol. The first-order chi connectivity index (χ1) is 9.84. The maximum Gasteiger partial charge on any atom is 0.176 e. The van der Waals surface area contributed by atoms with E-state index in [1.165, 1.54) is 0 Å². The Morgan fingerprint density at radius 1 is 0.900 bits per heavy atom. The van der Waals surface area contributed by atoms with Gasteiger partial charge in [0.15, 0.2) is 5.82 Å². The molecule has 2 aromatic carbocycles. The summed E-state index contributed by atoms with van der Waals surface area (Å²) in [6.45, 7) is 1.95. The van der Waals surface area contributed by atoms with Crippen molar-refractivity contribution in [3.63, 3.8) is 0 Å². The summed E-state index contributed by atoms with van der Waals surface area (Å²) in [5, 5.41) is 14.6. The molecule has 0 aliphatic heterocycles. The highest BCUT2D eigenvalue weighted by molar-refractivity contribution is 5.93. The van der Waals surface area contributed by atoms with Gasteiger partial charge in [-0.25, -0.2) is 0 Å². The first kappa shape index (κ1) is 12.3. The predicted molar refractivity (Wildman–Crippen MR) is 81.9 cm³/mol. The maximum absolute atomic E-state index is 4.21. The second kappa shape index (κ2) is 5.48. The van der Waals surface area contributed by atoms with Crippen molar-refractivity contribution in [3.05, 3.63) is 65.9 Å². The molecule has 0 saturated carbocycles. The van der Waals surface area contributed by atoms with Crippen LogP contribution >= 0.6 is 0 Å². The molecule has 0 atom stereocenters. The van der Waals surface area contributed by atoms with Gasteiger partial charge in [-0.1, -0.05) is 54.6 Å². The van der Waals surface area contributed by atoms with E-state index in [0.29, 0.717) is 5.82 Å². The van der Waals surface area contributed by atoms with Crippen LogP contribution in [0.5, 0.6) is 0 Å². The van der Waals surface area contributed by atoms with E-state index in [0.717, 1.165) is 22.0 Å². The number of hydrazone groups is 1. The van der Waals surface area contributed by atoms with Crippen molar-refractivity contribution >= 4 is 22.8 Å². The van der Waals surface area contributed by atoms with Gasteiger partial charge >= 0.3 is 0 Å². The Bertz CT molecular complexity index is 751. The van der Waals surface area contributed by atoms with E-state index in [9.17, 15) is 0 Å². The molecular formula is C16H14N4. The van der Waals surface area contributed by atoms with Gasteiger partial charge < -0.3 is 0 Å². The zero-order valence-electron chi connectivity index (χ0n) is 11.1. The Labute approximate surface area is 117 Å². The minimum Gasteiger partial charge on any atom is -0.259 e. The minimum absolute atomic E-state index is 0.665. The molecule has 4 nitrogen and oxygen atoms in total. The number of anilines is 1. The summed E-state index contributed by atoms with van der Waals surface area (Å²) in [4.78, 5) is 0. The van der Waals surface area contributed by atoms with Crippen molar-refractivity contribution in [3.8, 4) is 0 Å². The summed E-state index contributed by atoms with van der Waals surface area (Å²) in [5.74, 6) is 0.665. The lowest BCUT2D eigenvalue weighted by molar-refractivity contribution is 0.997. The van der Waals surface area contributed by atoms with E-state index < -0.39 is 0 Å². The lowest BCUT2D eigenvalue weighted by Crippen LogP contribution is -1.98. The third kappa shape index (κ3) is 2.49. The summed E-state index contributed by atoms with van der Waals surface area (Å²) in [7, 11) is 0. The highest BCUT2D eigenvalue weighted by atomic mass is 15.3. The lowest BCUT2D eigenvalue weighted by atomic mass is 10.1. The fraction of sp³-hybridized carbons (Fsp3) is 0.0625.